The van der Waals surface area contributed by atoms with Crippen LogP contribution in [0.25, 0.3) is 10.7 Å². The molecule has 8 nitrogen and oxygen atoms in total. The molecule has 1 amide bonds. The van der Waals surface area contributed by atoms with E-state index in [4.69, 9.17) is 9.26 Å². The lowest BCUT2D eigenvalue weighted by molar-refractivity contribution is 0.0835. The Morgan fingerprint density at radius 3 is 2.96 bits per heavy atom. The summed E-state index contributed by atoms with van der Waals surface area (Å²) in [6.07, 6.45) is 5.36. The van der Waals surface area contributed by atoms with Gasteiger partial charge in [-0.15, -0.1) is 11.3 Å². The molecular weight excluding hydrogens is 354 g/mol. The minimum Gasteiger partial charge on any atom is -0.368 e. The number of rotatable bonds is 6. The van der Waals surface area contributed by atoms with Crippen LogP contribution in [0.5, 0.6) is 0 Å². The van der Waals surface area contributed by atoms with Crippen LogP contribution >= 0.6 is 11.3 Å². The van der Waals surface area contributed by atoms with E-state index in [1.54, 1.807) is 11.3 Å². The van der Waals surface area contributed by atoms with Crippen LogP contribution < -0.4 is 5.32 Å². The van der Waals surface area contributed by atoms with Crippen LogP contribution in [0.1, 0.15) is 41.0 Å². The molecule has 0 spiro atoms. The zero-order chi connectivity index (χ0) is 17.8. The van der Waals surface area contributed by atoms with E-state index < -0.39 is 0 Å². The average molecular weight is 371 g/mol. The molecule has 3 aromatic heterocycles. The van der Waals surface area contributed by atoms with Crippen molar-refractivity contribution in [3.8, 4) is 10.7 Å². The number of hydrogen-bond donors (Lipinski definition) is 1. The molecule has 134 valence electrons. The average Bonchev–Trinajstić information content (AvgIpc) is 3.43. The number of aromatic nitrogens is 4. The van der Waals surface area contributed by atoms with Gasteiger partial charge in [0.25, 0.3) is 11.8 Å². The van der Waals surface area contributed by atoms with Crippen molar-refractivity contribution >= 4 is 17.2 Å². The number of ether oxygens (including phenoxy) is 1. The molecule has 1 atom stereocenters. The first kappa shape index (κ1) is 16.8. The first-order valence-corrected chi connectivity index (χ1v) is 9.26. The van der Waals surface area contributed by atoms with Gasteiger partial charge in [0, 0.05) is 32.0 Å². The van der Waals surface area contributed by atoms with Crippen LogP contribution in [0.2, 0.25) is 0 Å². The third-order valence-corrected chi connectivity index (χ3v) is 4.84. The van der Waals surface area contributed by atoms with Crippen LogP contribution in [0.4, 0.5) is 0 Å². The van der Waals surface area contributed by atoms with Crippen molar-refractivity contribution in [1.29, 1.82) is 0 Å². The van der Waals surface area contributed by atoms with E-state index in [0.717, 1.165) is 24.3 Å². The predicted octanol–water partition coefficient (Wildman–Crippen LogP) is 2.41. The molecule has 1 aliphatic heterocycles. The Hall–Kier alpha value is -2.65. The van der Waals surface area contributed by atoms with E-state index in [0.29, 0.717) is 36.1 Å². The van der Waals surface area contributed by atoms with Crippen LogP contribution in [-0.2, 0) is 11.2 Å². The van der Waals surface area contributed by atoms with Gasteiger partial charge in [0.15, 0.2) is 11.6 Å². The molecule has 0 saturated carbocycles. The van der Waals surface area contributed by atoms with Crippen molar-refractivity contribution in [1.82, 2.24) is 25.4 Å². The first-order valence-electron chi connectivity index (χ1n) is 8.38. The maximum absolute atomic E-state index is 12.2. The van der Waals surface area contributed by atoms with Gasteiger partial charge in [-0.2, -0.15) is 4.98 Å². The van der Waals surface area contributed by atoms with Gasteiger partial charge in [0.05, 0.1) is 10.4 Å². The summed E-state index contributed by atoms with van der Waals surface area (Å²) in [4.78, 5) is 25.9. The highest BCUT2D eigenvalue weighted by molar-refractivity contribution is 7.13. The van der Waals surface area contributed by atoms with Crippen molar-refractivity contribution in [3.05, 3.63) is 47.2 Å². The molecule has 1 N–H and O–H groups in total. The molecule has 3 aromatic rings. The largest absolute Gasteiger partial charge is 0.368 e. The van der Waals surface area contributed by atoms with Gasteiger partial charge in [-0.25, -0.2) is 9.97 Å². The van der Waals surface area contributed by atoms with E-state index >= 15 is 0 Å². The monoisotopic (exact) mass is 371 g/mol. The van der Waals surface area contributed by atoms with Crippen LogP contribution in [0.3, 0.4) is 0 Å². The summed E-state index contributed by atoms with van der Waals surface area (Å²) in [6.45, 7) is 1.13. The molecule has 4 heterocycles. The topological polar surface area (TPSA) is 103 Å². The van der Waals surface area contributed by atoms with Gasteiger partial charge in [-0.05, 0) is 24.3 Å². The van der Waals surface area contributed by atoms with Crippen molar-refractivity contribution in [2.45, 2.75) is 25.4 Å². The predicted molar refractivity (Wildman–Crippen MR) is 93.6 cm³/mol. The number of thiophene rings is 1. The summed E-state index contributed by atoms with van der Waals surface area (Å²) in [5.41, 5.74) is 0.415. The molecule has 26 heavy (non-hydrogen) atoms. The smallest absolute Gasteiger partial charge is 0.255 e. The lowest BCUT2D eigenvalue weighted by atomic mass is 10.2. The minimum absolute atomic E-state index is 0.0927. The second-order valence-electron chi connectivity index (χ2n) is 5.83. The van der Waals surface area contributed by atoms with Crippen molar-refractivity contribution in [2.24, 2.45) is 0 Å². The molecule has 0 bridgehead atoms. The molecular formula is C17H17N5O3S. The zero-order valence-electron chi connectivity index (χ0n) is 13.9. The fraction of sp³-hybridized carbons (Fsp3) is 0.353. The van der Waals surface area contributed by atoms with E-state index in [1.165, 1.54) is 12.4 Å². The van der Waals surface area contributed by atoms with E-state index in [-0.39, 0.29) is 12.0 Å². The van der Waals surface area contributed by atoms with E-state index in [2.05, 4.69) is 25.4 Å². The van der Waals surface area contributed by atoms with E-state index in [1.807, 2.05) is 17.5 Å². The molecule has 9 heteroatoms. The normalized spacial score (nSPS) is 16.7. The van der Waals surface area contributed by atoms with Gasteiger partial charge < -0.3 is 14.6 Å². The van der Waals surface area contributed by atoms with Gasteiger partial charge in [0.2, 0.25) is 0 Å². The number of carbonyl (C=O) groups excluding carboxylic acids is 1. The second-order valence-corrected chi connectivity index (χ2v) is 6.78. The SMILES string of the molecule is O=C(NCCc1noc(C2CCCO2)n1)c1cnc(-c2cccs2)nc1. The Kier molecular flexibility index (Phi) is 4.98. The number of hydrogen-bond acceptors (Lipinski definition) is 8. The van der Waals surface area contributed by atoms with Crippen molar-refractivity contribution < 1.29 is 14.1 Å². The molecule has 1 saturated heterocycles. The van der Waals surface area contributed by atoms with Gasteiger partial charge >= 0.3 is 0 Å². The number of nitrogens with zero attached hydrogens (tertiary/aromatic N) is 4. The summed E-state index contributed by atoms with van der Waals surface area (Å²) in [5.74, 6) is 1.46. The second kappa shape index (κ2) is 7.71. The Morgan fingerprint density at radius 1 is 1.35 bits per heavy atom. The van der Waals surface area contributed by atoms with Gasteiger partial charge in [-0.1, -0.05) is 11.2 Å². The fourth-order valence-electron chi connectivity index (χ4n) is 2.64. The number of amides is 1. The Balaban J connectivity index is 1.28. The first-order chi connectivity index (χ1) is 12.8. The molecule has 1 aliphatic rings. The zero-order valence-corrected chi connectivity index (χ0v) is 14.7. The molecule has 1 unspecified atom stereocenters. The minimum atomic E-state index is -0.231. The van der Waals surface area contributed by atoms with Gasteiger partial charge in [0.1, 0.15) is 6.10 Å². The highest BCUT2D eigenvalue weighted by Gasteiger charge is 2.23. The maximum atomic E-state index is 12.2. The third kappa shape index (κ3) is 3.78. The van der Waals surface area contributed by atoms with Crippen LogP contribution in [-0.4, -0.2) is 39.2 Å². The summed E-state index contributed by atoms with van der Waals surface area (Å²) in [6, 6.07) is 3.88. The molecule has 0 aliphatic carbocycles. The Labute approximate surface area is 153 Å². The third-order valence-electron chi connectivity index (χ3n) is 3.98. The van der Waals surface area contributed by atoms with E-state index in [9.17, 15) is 4.79 Å². The standard InChI is InChI=1S/C17H17N5O3S/c23-16(11-9-19-15(20-10-11)13-4-2-8-26-13)18-6-5-14-21-17(25-22-14)12-3-1-7-24-12/h2,4,8-10,12H,1,3,5-7H2,(H,18,23). The van der Waals surface area contributed by atoms with Crippen LogP contribution in [0, 0.1) is 0 Å². The van der Waals surface area contributed by atoms with Crippen molar-refractivity contribution in [2.75, 3.05) is 13.2 Å². The van der Waals surface area contributed by atoms with Crippen molar-refractivity contribution in [3.63, 3.8) is 0 Å². The highest BCUT2D eigenvalue weighted by Crippen LogP contribution is 2.26. The molecule has 0 aromatic carbocycles. The Bertz CT molecular complexity index is 857. The molecule has 4 rings (SSSR count). The lowest BCUT2D eigenvalue weighted by Gasteiger charge is -2.03. The van der Waals surface area contributed by atoms with Crippen LogP contribution in [0.15, 0.2) is 34.4 Å². The quantitative estimate of drug-likeness (QED) is 0.710. The number of carbonyl (C=O) groups is 1. The summed E-state index contributed by atoms with van der Waals surface area (Å²) < 4.78 is 10.7. The summed E-state index contributed by atoms with van der Waals surface area (Å²) >= 11 is 1.56. The summed E-state index contributed by atoms with van der Waals surface area (Å²) in [5, 5.41) is 8.70. The van der Waals surface area contributed by atoms with Gasteiger partial charge in [-0.3, -0.25) is 4.79 Å². The Morgan fingerprint density at radius 2 is 2.23 bits per heavy atom. The maximum Gasteiger partial charge on any atom is 0.255 e. The molecule has 0 radical (unpaired) electrons. The highest BCUT2D eigenvalue weighted by atomic mass is 32.1. The molecule has 1 fully saturated rings. The fourth-order valence-corrected chi connectivity index (χ4v) is 3.31. The summed E-state index contributed by atoms with van der Waals surface area (Å²) in [7, 11) is 0. The lowest BCUT2D eigenvalue weighted by Crippen LogP contribution is -2.26. The number of nitrogens with one attached hydrogen (secondary N) is 1.